The topological polar surface area (TPSA) is 22.4 Å². The van der Waals surface area contributed by atoms with E-state index in [1.54, 1.807) is 6.26 Å². The first-order valence-corrected chi connectivity index (χ1v) is 7.18. The lowest BCUT2D eigenvalue weighted by Gasteiger charge is -2.10. The first kappa shape index (κ1) is 13.8. The molecular formula is C18H15ClO2. The number of furan rings is 1. The van der Waals surface area contributed by atoms with E-state index in [4.69, 9.17) is 20.8 Å². The van der Waals surface area contributed by atoms with Crippen LogP contribution in [0.1, 0.15) is 22.3 Å². The summed E-state index contributed by atoms with van der Waals surface area (Å²) in [4.78, 5) is 0. The van der Waals surface area contributed by atoms with Gasteiger partial charge in [0.2, 0.25) is 0 Å². The molecule has 0 saturated carbocycles. The lowest BCUT2D eigenvalue weighted by molar-refractivity contribution is 0.482. The van der Waals surface area contributed by atoms with Gasteiger partial charge < -0.3 is 9.15 Å². The van der Waals surface area contributed by atoms with Crippen LogP contribution >= 0.6 is 11.6 Å². The normalized spacial score (nSPS) is 12.1. The molecule has 1 atom stereocenters. The second-order valence-corrected chi connectivity index (χ2v) is 5.25. The van der Waals surface area contributed by atoms with Crippen molar-refractivity contribution in [2.45, 2.75) is 12.3 Å². The van der Waals surface area contributed by atoms with Gasteiger partial charge in [0.1, 0.15) is 22.6 Å². The number of para-hydroxylation sites is 1. The molecule has 1 unspecified atom stereocenters. The Hall–Kier alpha value is -2.19. The minimum atomic E-state index is -0.286. The molecule has 0 aliphatic carbocycles. The lowest BCUT2D eigenvalue weighted by Crippen LogP contribution is -1.93. The van der Waals surface area contributed by atoms with Crippen molar-refractivity contribution in [3.63, 3.8) is 0 Å². The summed E-state index contributed by atoms with van der Waals surface area (Å²) in [7, 11) is 0. The van der Waals surface area contributed by atoms with Gasteiger partial charge in [-0.05, 0) is 48.4 Å². The predicted octanol–water partition coefficient (Wildman–Crippen LogP) is 5.71. The van der Waals surface area contributed by atoms with E-state index in [-0.39, 0.29) is 5.38 Å². The van der Waals surface area contributed by atoms with Gasteiger partial charge >= 0.3 is 0 Å². The van der Waals surface area contributed by atoms with Gasteiger partial charge in [0.15, 0.2) is 0 Å². The van der Waals surface area contributed by atoms with Crippen LogP contribution in [0, 0.1) is 6.92 Å². The summed E-state index contributed by atoms with van der Waals surface area (Å²) in [5.41, 5.74) is 2.04. The van der Waals surface area contributed by atoms with Crippen LogP contribution in [0.3, 0.4) is 0 Å². The van der Waals surface area contributed by atoms with E-state index in [1.165, 1.54) is 0 Å². The quantitative estimate of drug-likeness (QED) is 0.576. The molecule has 21 heavy (non-hydrogen) atoms. The largest absolute Gasteiger partial charge is 0.467 e. The molecule has 2 nitrogen and oxygen atoms in total. The van der Waals surface area contributed by atoms with E-state index in [2.05, 4.69) is 0 Å². The average molecular weight is 299 g/mol. The first-order valence-electron chi connectivity index (χ1n) is 6.75. The van der Waals surface area contributed by atoms with E-state index in [9.17, 15) is 0 Å². The number of halogens is 1. The SMILES string of the molecule is Cc1ccoc1C(Cl)c1ccc(Oc2ccccc2)cc1. The Morgan fingerprint density at radius 1 is 0.905 bits per heavy atom. The average Bonchev–Trinajstić information content (AvgIpc) is 2.94. The summed E-state index contributed by atoms with van der Waals surface area (Å²) in [5, 5.41) is -0.286. The Bertz CT molecular complexity index is 702. The molecule has 1 aromatic heterocycles. The van der Waals surface area contributed by atoms with Crippen molar-refractivity contribution in [3.8, 4) is 11.5 Å². The number of ether oxygens (including phenoxy) is 1. The van der Waals surface area contributed by atoms with E-state index in [0.29, 0.717) is 0 Å². The Kier molecular flexibility index (Phi) is 3.98. The van der Waals surface area contributed by atoms with Gasteiger partial charge in [-0.1, -0.05) is 30.3 Å². The summed E-state index contributed by atoms with van der Waals surface area (Å²) >= 11 is 6.46. The molecule has 3 heteroatoms. The summed E-state index contributed by atoms with van der Waals surface area (Å²) in [5.74, 6) is 2.38. The van der Waals surface area contributed by atoms with Gasteiger partial charge in [-0.3, -0.25) is 0 Å². The van der Waals surface area contributed by atoms with E-state index >= 15 is 0 Å². The third-order valence-electron chi connectivity index (χ3n) is 3.28. The molecule has 0 aliphatic heterocycles. The van der Waals surface area contributed by atoms with Crippen LogP contribution in [0.5, 0.6) is 11.5 Å². The molecule has 0 amide bonds. The van der Waals surface area contributed by atoms with E-state index in [0.717, 1.165) is 28.4 Å². The van der Waals surface area contributed by atoms with Gasteiger partial charge in [-0.2, -0.15) is 0 Å². The number of aryl methyl sites for hydroxylation is 1. The maximum Gasteiger partial charge on any atom is 0.128 e. The fourth-order valence-electron chi connectivity index (χ4n) is 2.12. The zero-order valence-electron chi connectivity index (χ0n) is 11.6. The highest BCUT2D eigenvalue weighted by Gasteiger charge is 2.16. The fourth-order valence-corrected chi connectivity index (χ4v) is 2.49. The van der Waals surface area contributed by atoms with Crippen LogP contribution in [0.25, 0.3) is 0 Å². The monoisotopic (exact) mass is 298 g/mol. The van der Waals surface area contributed by atoms with Gasteiger partial charge in [-0.25, -0.2) is 0 Å². The second-order valence-electron chi connectivity index (χ2n) is 4.81. The molecule has 106 valence electrons. The van der Waals surface area contributed by atoms with Gasteiger partial charge in [0.25, 0.3) is 0 Å². The van der Waals surface area contributed by atoms with Crippen LogP contribution in [0.4, 0.5) is 0 Å². The molecule has 0 spiro atoms. The molecule has 2 aromatic carbocycles. The highest BCUT2D eigenvalue weighted by atomic mass is 35.5. The van der Waals surface area contributed by atoms with Crippen molar-refractivity contribution in [3.05, 3.63) is 83.8 Å². The highest BCUT2D eigenvalue weighted by Crippen LogP contribution is 2.33. The van der Waals surface area contributed by atoms with Gasteiger partial charge in [-0.15, -0.1) is 11.6 Å². The molecule has 0 bridgehead atoms. The summed E-state index contributed by atoms with van der Waals surface area (Å²) in [6, 6.07) is 19.3. The number of hydrogen-bond donors (Lipinski definition) is 0. The predicted molar refractivity (Wildman–Crippen MR) is 84.1 cm³/mol. The molecule has 0 aliphatic rings. The second kappa shape index (κ2) is 6.06. The number of alkyl halides is 1. The smallest absolute Gasteiger partial charge is 0.128 e. The zero-order chi connectivity index (χ0) is 14.7. The van der Waals surface area contributed by atoms with Crippen molar-refractivity contribution in [1.29, 1.82) is 0 Å². The summed E-state index contributed by atoms with van der Waals surface area (Å²) < 4.78 is 11.2. The van der Waals surface area contributed by atoms with Crippen molar-refractivity contribution >= 4 is 11.6 Å². The molecule has 0 fully saturated rings. The molecule has 0 radical (unpaired) electrons. The number of hydrogen-bond acceptors (Lipinski definition) is 2. The summed E-state index contributed by atoms with van der Waals surface area (Å²) in [6.45, 7) is 1.99. The Morgan fingerprint density at radius 3 is 2.19 bits per heavy atom. The van der Waals surface area contributed by atoms with Crippen molar-refractivity contribution in [2.75, 3.05) is 0 Å². The van der Waals surface area contributed by atoms with Gasteiger partial charge in [0, 0.05) is 0 Å². The Morgan fingerprint density at radius 2 is 1.57 bits per heavy atom. The van der Waals surface area contributed by atoms with E-state index < -0.39 is 0 Å². The van der Waals surface area contributed by atoms with Gasteiger partial charge in [0.05, 0.1) is 6.26 Å². The third-order valence-corrected chi connectivity index (χ3v) is 3.73. The molecule has 3 aromatic rings. The zero-order valence-corrected chi connectivity index (χ0v) is 12.4. The van der Waals surface area contributed by atoms with Crippen LogP contribution in [0.2, 0.25) is 0 Å². The molecule has 0 saturated heterocycles. The minimum absolute atomic E-state index is 0.286. The third kappa shape index (κ3) is 3.11. The maximum absolute atomic E-state index is 6.46. The standard InChI is InChI=1S/C18H15ClO2/c1-13-11-12-20-18(13)17(19)14-7-9-16(10-8-14)21-15-5-3-2-4-6-15/h2-12,17H,1H3. The van der Waals surface area contributed by atoms with Crippen LogP contribution in [-0.4, -0.2) is 0 Å². The Labute approximate surface area is 128 Å². The Balaban J connectivity index is 1.77. The lowest BCUT2D eigenvalue weighted by atomic mass is 10.1. The number of benzene rings is 2. The van der Waals surface area contributed by atoms with Crippen molar-refractivity contribution in [2.24, 2.45) is 0 Å². The van der Waals surface area contributed by atoms with E-state index in [1.807, 2.05) is 67.6 Å². The van der Waals surface area contributed by atoms with Crippen LogP contribution < -0.4 is 4.74 Å². The van der Waals surface area contributed by atoms with Crippen molar-refractivity contribution in [1.82, 2.24) is 0 Å². The minimum Gasteiger partial charge on any atom is -0.467 e. The summed E-state index contributed by atoms with van der Waals surface area (Å²) in [6.07, 6.45) is 1.66. The molecular weight excluding hydrogens is 284 g/mol. The molecule has 3 rings (SSSR count). The fraction of sp³-hybridized carbons (Fsp3) is 0.111. The van der Waals surface area contributed by atoms with Crippen LogP contribution in [-0.2, 0) is 0 Å². The number of rotatable bonds is 4. The highest BCUT2D eigenvalue weighted by molar-refractivity contribution is 6.22. The molecule has 0 N–H and O–H groups in total. The van der Waals surface area contributed by atoms with Crippen molar-refractivity contribution < 1.29 is 9.15 Å². The molecule has 1 heterocycles. The van der Waals surface area contributed by atoms with Crippen LogP contribution in [0.15, 0.2) is 71.3 Å². The first-order chi connectivity index (χ1) is 10.2. The maximum atomic E-state index is 6.46.